The highest BCUT2D eigenvalue weighted by atomic mass is 19.4. The van der Waals surface area contributed by atoms with E-state index in [1.807, 2.05) is 0 Å². The molecule has 4 heteroatoms. The number of benzene rings is 1. The Kier molecular flexibility index (Phi) is 2.61. The normalized spacial score (nSPS) is 14.2. The van der Waals surface area contributed by atoms with Crippen LogP contribution in [0.3, 0.4) is 0 Å². The molecule has 1 atom stereocenters. The van der Waals surface area contributed by atoms with Crippen LogP contribution in [0.5, 0.6) is 0 Å². The number of nitrogens with one attached hydrogen (secondary N) is 1. The van der Waals surface area contributed by atoms with E-state index in [0.29, 0.717) is 0 Å². The summed E-state index contributed by atoms with van der Waals surface area (Å²) in [6.07, 6.45) is -4.36. The molecule has 1 N–H and O–H groups in total. The molecule has 0 amide bonds. The topological polar surface area (TPSA) is 23.8 Å². The lowest BCUT2D eigenvalue weighted by Gasteiger charge is -2.14. The Labute approximate surface area is 74.4 Å². The van der Waals surface area contributed by atoms with Crippen LogP contribution in [0.15, 0.2) is 24.3 Å². The van der Waals surface area contributed by atoms with Crippen molar-refractivity contribution >= 4 is 0 Å². The molecule has 0 heterocycles. The SMILES string of the molecule is C[C@@H]([NH])c1ccccc1C(F)(F)F. The van der Waals surface area contributed by atoms with Crippen molar-refractivity contribution in [1.29, 1.82) is 0 Å². The third-order valence-electron chi connectivity index (χ3n) is 1.73. The van der Waals surface area contributed by atoms with Gasteiger partial charge in [0.25, 0.3) is 0 Å². The van der Waals surface area contributed by atoms with Gasteiger partial charge in [-0.25, -0.2) is 0 Å². The van der Waals surface area contributed by atoms with Crippen LogP contribution in [0.1, 0.15) is 24.1 Å². The summed E-state index contributed by atoms with van der Waals surface area (Å²) in [6, 6.07) is 4.32. The monoisotopic (exact) mass is 188 g/mol. The van der Waals surface area contributed by atoms with Crippen molar-refractivity contribution in [2.45, 2.75) is 19.1 Å². The van der Waals surface area contributed by atoms with E-state index in [9.17, 15) is 13.2 Å². The fourth-order valence-corrected chi connectivity index (χ4v) is 1.13. The molecule has 0 unspecified atom stereocenters. The molecule has 13 heavy (non-hydrogen) atoms. The summed E-state index contributed by atoms with van der Waals surface area (Å²) in [7, 11) is 0. The maximum Gasteiger partial charge on any atom is 0.416 e. The molecule has 0 spiro atoms. The summed E-state index contributed by atoms with van der Waals surface area (Å²) < 4.78 is 37.0. The predicted molar refractivity (Wildman–Crippen MR) is 43.0 cm³/mol. The van der Waals surface area contributed by atoms with Gasteiger partial charge in [-0.15, -0.1) is 0 Å². The molecule has 0 aliphatic rings. The first-order valence-electron chi connectivity index (χ1n) is 3.80. The fourth-order valence-electron chi connectivity index (χ4n) is 1.13. The standard InChI is InChI=1S/C9H9F3N/c1-6(13)7-4-2-3-5-8(7)9(10,11)12/h2-6,13H,1H3/t6-/m1/s1. The maximum absolute atomic E-state index is 12.3. The van der Waals surface area contributed by atoms with E-state index in [1.165, 1.54) is 25.1 Å². The van der Waals surface area contributed by atoms with Crippen LogP contribution in [0.4, 0.5) is 13.2 Å². The summed E-state index contributed by atoms with van der Waals surface area (Å²) in [5, 5.41) is 0. The minimum atomic E-state index is -4.36. The Morgan fingerprint density at radius 1 is 1.23 bits per heavy atom. The predicted octanol–water partition coefficient (Wildman–Crippen LogP) is 3.05. The molecule has 0 aromatic heterocycles. The van der Waals surface area contributed by atoms with Gasteiger partial charge in [-0.2, -0.15) is 13.2 Å². The molecule has 0 saturated carbocycles. The van der Waals surface area contributed by atoms with Crippen LogP contribution < -0.4 is 5.73 Å². The second-order valence-corrected chi connectivity index (χ2v) is 2.81. The molecule has 1 aromatic rings. The molecular formula is C9H9F3N. The Morgan fingerprint density at radius 3 is 2.15 bits per heavy atom. The van der Waals surface area contributed by atoms with E-state index in [1.54, 1.807) is 0 Å². The van der Waals surface area contributed by atoms with Crippen molar-refractivity contribution in [2.75, 3.05) is 0 Å². The summed E-state index contributed by atoms with van der Waals surface area (Å²) >= 11 is 0. The van der Waals surface area contributed by atoms with Gasteiger partial charge in [0.15, 0.2) is 0 Å². The largest absolute Gasteiger partial charge is 0.416 e. The molecule has 0 saturated heterocycles. The molecule has 1 radical (unpaired) electrons. The summed E-state index contributed by atoms with van der Waals surface area (Å²) in [5.74, 6) is 0. The Bertz CT molecular complexity index is 291. The third kappa shape index (κ3) is 2.21. The number of rotatable bonds is 1. The summed E-state index contributed by atoms with van der Waals surface area (Å²) in [5.41, 5.74) is 6.55. The van der Waals surface area contributed by atoms with Gasteiger partial charge in [-0.05, 0) is 18.6 Å². The molecular weight excluding hydrogens is 179 g/mol. The minimum absolute atomic E-state index is 0.0231. The number of halogens is 3. The van der Waals surface area contributed by atoms with Crippen LogP contribution in [-0.4, -0.2) is 0 Å². The van der Waals surface area contributed by atoms with E-state index in [0.717, 1.165) is 6.07 Å². The van der Waals surface area contributed by atoms with Gasteiger partial charge in [-0.1, -0.05) is 18.2 Å². The van der Waals surface area contributed by atoms with Gasteiger partial charge >= 0.3 is 6.18 Å². The fraction of sp³-hybridized carbons (Fsp3) is 0.333. The molecule has 1 rings (SSSR count). The Hall–Kier alpha value is -1.03. The van der Waals surface area contributed by atoms with Crippen molar-refractivity contribution in [1.82, 2.24) is 5.73 Å². The average Bonchev–Trinajstić information content (AvgIpc) is 2.03. The van der Waals surface area contributed by atoms with Crippen LogP contribution in [0, 0.1) is 0 Å². The van der Waals surface area contributed by atoms with Crippen LogP contribution in [0.2, 0.25) is 0 Å². The van der Waals surface area contributed by atoms with Crippen molar-refractivity contribution in [2.24, 2.45) is 0 Å². The van der Waals surface area contributed by atoms with E-state index in [-0.39, 0.29) is 5.56 Å². The first-order valence-corrected chi connectivity index (χ1v) is 3.80. The van der Waals surface area contributed by atoms with Crippen molar-refractivity contribution in [3.8, 4) is 0 Å². The van der Waals surface area contributed by atoms with Crippen LogP contribution in [-0.2, 0) is 6.18 Å². The second-order valence-electron chi connectivity index (χ2n) is 2.81. The molecule has 71 valence electrons. The second kappa shape index (κ2) is 3.38. The maximum atomic E-state index is 12.3. The molecule has 0 aliphatic heterocycles. The van der Waals surface area contributed by atoms with Gasteiger partial charge in [0, 0.05) is 6.04 Å². The van der Waals surface area contributed by atoms with Crippen molar-refractivity contribution < 1.29 is 13.2 Å². The highest BCUT2D eigenvalue weighted by Crippen LogP contribution is 2.33. The van der Waals surface area contributed by atoms with E-state index in [4.69, 9.17) is 5.73 Å². The lowest BCUT2D eigenvalue weighted by Crippen LogP contribution is -2.10. The van der Waals surface area contributed by atoms with E-state index < -0.39 is 17.8 Å². The molecule has 0 bridgehead atoms. The molecule has 0 fully saturated rings. The lowest BCUT2D eigenvalue weighted by atomic mass is 10.0. The Morgan fingerprint density at radius 2 is 1.77 bits per heavy atom. The zero-order chi connectivity index (χ0) is 10.1. The van der Waals surface area contributed by atoms with Crippen LogP contribution >= 0.6 is 0 Å². The van der Waals surface area contributed by atoms with E-state index in [2.05, 4.69) is 0 Å². The minimum Gasteiger partial charge on any atom is -0.250 e. The zero-order valence-electron chi connectivity index (χ0n) is 7.02. The quantitative estimate of drug-likeness (QED) is 0.646. The average molecular weight is 188 g/mol. The lowest BCUT2D eigenvalue weighted by molar-refractivity contribution is -0.138. The van der Waals surface area contributed by atoms with E-state index >= 15 is 0 Å². The highest BCUT2D eigenvalue weighted by molar-refractivity contribution is 5.31. The van der Waals surface area contributed by atoms with Gasteiger partial charge in [-0.3, -0.25) is 5.73 Å². The highest BCUT2D eigenvalue weighted by Gasteiger charge is 2.33. The van der Waals surface area contributed by atoms with Gasteiger partial charge < -0.3 is 0 Å². The van der Waals surface area contributed by atoms with Crippen molar-refractivity contribution in [3.05, 3.63) is 35.4 Å². The number of hydrogen-bond donors (Lipinski definition) is 0. The summed E-state index contributed by atoms with van der Waals surface area (Å²) in [6.45, 7) is 1.42. The van der Waals surface area contributed by atoms with Crippen molar-refractivity contribution in [3.63, 3.8) is 0 Å². The zero-order valence-corrected chi connectivity index (χ0v) is 7.02. The molecule has 1 nitrogen and oxygen atoms in total. The van der Waals surface area contributed by atoms with Crippen LogP contribution in [0.25, 0.3) is 0 Å². The molecule has 0 aliphatic carbocycles. The van der Waals surface area contributed by atoms with Gasteiger partial charge in [0.2, 0.25) is 0 Å². The van der Waals surface area contributed by atoms with Gasteiger partial charge in [0.1, 0.15) is 0 Å². The number of alkyl halides is 3. The third-order valence-corrected chi connectivity index (χ3v) is 1.73. The Balaban J connectivity index is 3.20. The smallest absolute Gasteiger partial charge is 0.250 e. The van der Waals surface area contributed by atoms with Gasteiger partial charge in [0.05, 0.1) is 5.56 Å². The first-order chi connectivity index (χ1) is 5.93. The molecule has 1 aromatic carbocycles. The number of hydrogen-bond acceptors (Lipinski definition) is 0. The summed E-state index contributed by atoms with van der Waals surface area (Å²) in [4.78, 5) is 0. The first kappa shape index (κ1) is 10.1.